The van der Waals surface area contributed by atoms with Crippen molar-refractivity contribution < 1.29 is 4.79 Å². The molecule has 4 nitrogen and oxygen atoms in total. The van der Waals surface area contributed by atoms with E-state index in [-0.39, 0.29) is 5.92 Å². The zero-order valence-corrected chi connectivity index (χ0v) is 9.81. The first kappa shape index (κ1) is 11.2. The molecule has 1 aliphatic rings. The summed E-state index contributed by atoms with van der Waals surface area (Å²) in [7, 11) is 0. The van der Waals surface area contributed by atoms with E-state index in [1.165, 1.54) is 0 Å². The zero-order chi connectivity index (χ0) is 11.5. The molecule has 0 bridgehead atoms. The van der Waals surface area contributed by atoms with Crippen molar-refractivity contribution in [2.75, 3.05) is 13.1 Å². The van der Waals surface area contributed by atoms with Crippen LogP contribution < -0.4 is 0 Å². The average molecular weight is 219 g/mol. The summed E-state index contributed by atoms with van der Waals surface area (Å²) < 4.78 is 0. The summed E-state index contributed by atoms with van der Waals surface area (Å²) >= 11 is 0. The summed E-state index contributed by atoms with van der Waals surface area (Å²) in [5.41, 5.74) is 1.91. The highest BCUT2D eigenvalue weighted by molar-refractivity contribution is 5.81. The second-order valence-electron chi connectivity index (χ2n) is 4.50. The van der Waals surface area contributed by atoms with Crippen molar-refractivity contribution in [1.82, 2.24) is 14.9 Å². The molecule has 0 aromatic carbocycles. The van der Waals surface area contributed by atoms with Gasteiger partial charge in [0, 0.05) is 44.4 Å². The molecule has 86 valence electrons. The Kier molecular flexibility index (Phi) is 3.29. The molecule has 1 saturated heterocycles. The monoisotopic (exact) mass is 219 g/mol. The van der Waals surface area contributed by atoms with Crippen LogP contribution in [0, 0.1) is 12.8 Å². The number of ketones is 1. The molecule has 1 unspecified atom stereocenters. The van der Waals surface area contributed by atoms with Gasteiger partial charge < -0.3 is 0 Å². The Labute approximate surface area is 95.7 Å². The number of hydrogen-bond donors (Lipinski definition) is 0. The molecule has 1 fully saturated rings. The van der Waals surface area contributed by atoms with Crippen LogP contribution in [0.1, 0.15) is 24.7 Å². The van der Waals surface area contributed by atoms with E-state index < -0.39 is 0 Å². The van der Waals surface area contributed by atoms with Gasteiger partial charge in [0.25, 0.3) is 0 Å². The van der Waals surface area contributed by atoms with Crippen molar-refractivity contribution >= 4 is 5.78 Å². The van der Waals surface area contributed by atoms with Gasteiger partial charge in [-0.1, -0.05) is 6.92 Å². The summed E-state index contributed by atoms with van der Waals surface area (Å²) in [4.78, 5) is 22.2. The maximum atomic E-state index is 11.4. The van der Waals surface area contributed by atoms with Crippen molar-refractivity contribution in [3.05, 3.63) is 23.8 Å². The SMILES string of the molecule is Cc1cnc(CN2CCC(=O)C(C)C2)cn1. The molecule has 16 heavy (non-hydrogen) atoms. The van der Waals surface area contributed by atoms with Gasteiger partial charge in [0.05, 0.1) is 11.4 Å². The third-order valence-corrected chi connectivity index (χ3v) is 2.98. The Balaban J connectivity index is 1.95. The normalized spacial score (nSPS) is 22.4. The summed E-state index contributed by atoms with van der Waals surface area (Å²) in [6.07, 6.45) is 4.27. The number of likely N-dealkylation sites (tertiary alicyclic amines) is 1. The lowest BCUT2D eigenvalue weighted by Gasteiger charge is -2.29. The number of piperidine rings is 1. The van der Waals surface area contributed by atoms with Crippen molar-refractivity contribution in [3.63, 3.8) is 0 Å². The molecule has 0 N–H and O–H groups in total. The molecule has 0 amide bonds. The Morgan fingerprint density at radius 1 is 1.44 bits per heavy atom. The Morgan fingerprint density at radius 3 is 2.88 bits per heavy atom. The van der Waals surface area contributed by atoms with Crippen molar-refractivity contribution in [2.24, 2.45) is 5.92 Å². The first-order chi connectivity index (χ1) is 7.65. The molecule has 2 heterocycles. The van der Waals surface area contributed by atoms with Crippen molar-refractivity contribution in [3.8, 4) is 0 Å². The topological polar surface area (TPSA) is 46.1 Å². The fourth-order valence-electron chi connectivity index (χ4n) is 1.97. The minimum Gasteiger partial charge on any atom is -0.299 e. The Morgan fingerprint density at radius 2 is 2.25 bits per heavy atom. The van der Waals surface area contributed by atoms with E-state index in [1.54, 1.807) is 6.20 Å². The lowest BCUT2D eigenvalue weighted by atomic mass is 9.98. The van der Waals surface area contributed by atoms with Gasteiger partial charge in [-0.25, -0.2) is 0 Å². The average Bonchev–Trinajstić information content (AvgIpc) is 2.27. The van der Waals surface area contributed by atoms with Crippen LogP contribution in [-0.2, 0) is 11.3 Å². The largest absolute Gasteiger partial charge is 0.299 e. The van der Waals surface area contributed by atoms with E-state index in [9.17, 15) is 4.79 Å². The highest BCUT2D eigenvalue weighted by Crippen LogP contribution is 2.14. The molecule has 2 rings (SSSR count). The molecule has 0 saturated carbocycles. The van der Waals surface area contributed by atoms with Gasteiger partial charge in [0.1, 0.15) is 5.78 Å². The number of aromatic nitrogens is 2. The van der Waals surface area contributed by atoms with Crippen LogP contribution in [0.4, 0.5) is 0 Å². The van der Waals surface area contributed by atoms with E-state index in [0.717, 1.165) is 31.0 Å². The molecule has 0 spiro atoms. The molecule has 1 atom stereocenters. The van der Waals surface area contributed by atoms with E-state index in [1.807, 2.05) is 20.0 Å². The first-order valence-electron chi connectivity index (χ1n) is 5.68. The Bertz CT molecular complexity index is 374. The third kappa shape index (κ3) is 2.64. The molecule has 4 heteroatoms. The van der Waals surface area contributed by atoms with E-state index in [4.69, 9.17) is 0 Å². The van der Waals surface area contributed by atoms with Crippen LogP contribution >= 0.6 is 0 Å². The fraction of sp³-hybridized carbons (Fsp3) is 0.583. The summed E-state index contributed by atoms with van der Waals surface area (Å²) in [5, 5.41) is 0. The van der Waals surface area contributed by atoms with Gasteiger partial charge in [-0.2, -0.15) is 0 Å². The maximum absolute atomic E-state index is 11.4. The van der Waals surface area contributed by atoms with E-state index in [2.05, 4.69) is 14.9 Å². The summed E-state index contributed by atoms with van der Waals surface area (Å²) in [6.45, 7) is 6.41. The number of aryl methyl sites for hydroxylation is 1. The third-order valence-electron chi connectivity index (χ3n) is 2.98. The van der Waals surface area contributed by atoms with E-state index in [0.29, 0.717) is 12.2 Å². The smallest absolute Gasteiger partial charge is 0.138 e. The van der Waals surface area contributed by atoms with Gasteiger partial charge in [-0.15, -0.1) is 0 Å². The maximum Gasteiger partial charge on any atom is 0.138 e. The van der Waals surface area contributed by atoms with Crippen molar-refractivity contribution in [1.29, 1.82) is 0 Å². The molecule has 1 aromatic rings. The van der Waals surface area contributed by atoms with E-state index >= 15 is 0 Å². The number of hydrogen-bond acceptors (Lipinski definition) is 4. The van der Waals surface area contributed by atoms with Crippen LogP contribution in [0.5, 0.6) is 0 Å². The molecule has 1 aliphatic heterocycles. The van der Waals surface area contributed by atoms with Gasteiger partial charge >= 0.3 is 0 Å². The van der Waals surface area contributed by atoms with Crippen LogP contribution in [0.25, 0.3) is 0 Å². The number of carbonyl (C=O) groups excluding carboxylic acids is 1. The summed E-state index contributed by atoms with van der Waals surface area (Å²) in [6, 6.07) is 0. The van der Waals surface area contributed by atoms with Gasteiger partial charge in [0.15, 0.2) is 0 Å². The first-order valence-corrected chi connectivity index (χ1v) is 5.68. The quantitative estimate of drug-likeness (QED) is 0.749. The van der Waals surface area contributed by atoms with Gasteiger partial charge in [-0.3, -0.25) is 19.7 Å². The minimum atomic E-state index is 0.159. The summed E-state index contributed by atoms with van der Waals surface area (Å²) in [5.74, 6) is 0.540. The minimum absolute atomic E-state index is 0.159. The second-order valence-corrected chi connectivity index (χ2v) is 4.50. The highest BCUT2D eigenvalue weighted by Gasteiger charge is 2.23. The lowest BCUT2D eigenvalue weighted by molar-refractivity contribution is -0.125. The van der Waals surface area contributed by atoms with Crippen LogP contribution in [0.15, 0.2) is 12.4 Å². The number of nitrogens with zero attached hydrogens (tertiary/aromatic N) is 3. The number of carbonyl (C=O) groups is 1. The van der Waals surface area contributed by atoms with Gasteiger partial charge in [0.2, 0.25) is 0 Å². The zero-order valence-electron chi connectivity index (χ0n) is 9.81. The molecular formula is C12H17N3O. The Hall–Kier alpha value is -1.29. The molecule has 1 aromatic heterocycles. The second kappa shape index (κ2) is 4.70. The van der Waals surface area contributed by atoms with Crippen molar-refractivity contribution in [2.45, 2.75) is 26.8 Å². The molecule has 0 aliphatic carbocycles. The standard InChI is InChI=1S/C12H17N3O/c1-9-7-15(4-3-12(9)16)8-11-6-13-10(2)5-14-11/h5-6,9H,3-4,7-8H2,1-2H3. The predicted molar refractivity (Wildman–Crippen MR) is 60.8 cm³/mol. The van der Waals surface area contributed by atoms with Crippen LogP contribution in [0.2, 0.25) is 0 Å². The van der Waals surface area contributed by atoms with Crippen LogP contribution in [-0.4, -0.2) is 33.7 Å². The highest BCUT2D eigenvalue weighted by atomic mass is 16.1. The lowest BCUT2D eigenvalue weighted by Crippen LogP contribution is -2.39. The molecule has 0 radical (unpaired) electrons. The predicted octanol–water partition coefficient (Wildman–Crippen LogP) is 1.20. The molecular weight excluding hydrogens is 202 g/mol. The number of Topliss-reactive ketones (excluding diaryl/α,β-unsaturated/α-hetero) is 1. The number of rotatable bonds is 2. The fourth-order valence-corrected chi connectivity index (χ4v) is 1.97. The van der Waals surface area contributed by atoms with Crippen LogP contribution in [0.3, 0.4) is 0 Å². The van der Waals surface area contributed by atoms with Gasteiger partial charge in [-0.05, 0) is 6.92 Å².